The van der Waals surface area contributed by atoms with Crippen LogP contribution < -0.4 is 0 Å². The second kappa shape index (κ2) is 8.18. The summed E-state index contributed by atoms with van der Waals surface area (Å²) in [5, 5.41) is 33.5. The zero-order valence-electron chi connectivity index (χ0n) is 21.7. The van der Waals surface area contributed by atoms with Crippen molar-refractivity contribution in [1.82, 2.24) is 0 Å². The Kier molecular flexibility index (Phi) is 5.69. The molecule has 4 aliphatic rings. The number of hydrogen-bond acceptors (Lipinski definition) is 7. The predicted octanol–water partition coefficient (Wildman–Crippen LogP) is 4.33. The van der Waals surface area contributed by atoms with Gasteiger partial charge in [-0.15, -0.1) is 5.11 Å². The third kappa shape index (κ3) is 3.46. The Hall–Kier alpha value is -2.64. The van der Waals surface area contributed by atoms with Gasteiger partial charge in [-0.1, -0.05) is 61.9 Å². The fourth-order valence-electron chi connectivity index (χ4n) is 7.39. The van der Waals surface area contributed by atoms with Gasteiger partial charge in [0, 0.05) is 24.7 Å². The molecule has 1 saturated carbocycles. The lowest BCUT2D eigenvalue weighted by molar-refractivity contribution is -0.225. The van der Waals surface area contributed by atoms with Gasteiger partial charge in [-0.05, 0) is 44.2 Å². The van der Waals surface area contributed by atoms with E-state index in [0.717, 1.165) is 11.1 Å². The SMILES string of the molecule is CCC1=C[C@H]2[C@@H]3C(C)(C)N=N[C@]3(OC(=O)Cc3ccccc3)C[C@@H](C)[C@]2(O)[C@@H]2C=C(C)C(=O)[C@@]2(O)C1. The lowest BCUT2D eigenvalue weighted by Gasteiger charge is -2.56. The number of carbonyl (C=O) groups excluding carboxylic acids is 2. The number of Topliss-reactive ketones (excluding diaryl/α,β-unsaturated/α-hetero) is 1. The maximum absolute atomic E-state index is 13.2. The van der Waals surface area contributed by atoms with E-state index in [1.54, 1.807) is 13.0 Å². The highest BCUT2D eigenvalue weighted by Gasteiger charge is 2.72. The van der Waals surface area contributed by atoms with Crippen LogP contribution in [0.2, 0.25) is 0 Å². The van der Waals surface area contributed by atoms with E-state index in [1.165, 1.54) is 0 Å². The number of esters is 1. The number of ketones is 1. The van der Waals surface area contributed by atoms with Crippen LogP contribution in [-0.4, -0.2) is 44.4 Å². The van der Waals surface area contributed by atoms with Crippen molar-refractivity contribution in [3.63, 3.8) is 0 Å². The standard InChI is InChI=1S/C29H36N2O5/c1-6-19-13-21-24-26(4,5)30-31-28(24,36-23(32)14-20-10-8-7-9-11-20)15-18(3)29(21,35)22-12-17(2)25(33)27(22,34)16-19/h7-13,18,21-22,24,34-35H,6,14-16H2,1-5H3/t18-,21+,22-,24-,27-,28+,29-/m1/s1. The minimum atomic E-state index is -1.69. The zero-order chi connectivity index (χ0) is 26.1. The molecule has 192 valence electrons. The van der Waals surface area contributed by atoms with Crippen molar-refractivity contribution in [3.05, 3.63) is 59.2 Å². The summed E-state index contributed by atoms with van der Waals surface area (Å²) >= 11 is 0. The third-order valence-corrected chi connectivity index (χ3v) is 9.03. The van der Waals surface area contributed by atoms with E-state index in [2.05, 4.69) is 10.2 Å². The van der Waals surface area contributed by atoms with Crippen LogP contribution >= 0.6 is 0 Å². The van der Waals surface area contributed by atoms with Crippen molar-refractivity contribution in [2.75, 3.05) is 0 Å². The van der Waals surface area contributed by atoms with Gasteiger partial charge in [0.25, 0.3) is 0 Å². The van der Waals surface area contributed by atoms with Crippen molar-refractivity contribution < 1.29 is 24.5 Å². The Bertz CT molecular complexity index is 1190. The minimum Gasteiger partial charge on any atom is -0.435 e. The second-order valence-corrected chi connectivity index (χ2v) is 11.8. The first kappa shape index (κ1) is 25.0. The minimum absolute atomic E-state index is 0.115. The van der Waals surface area contributed by atoms with E-state index in [0.29, 0.717) is 12.0 Å². The molecular formula is C29H36N2O5. The van der Waals surface area contributed by atoms with E-state index < -0.39 is 52.1 Å². The molecule has 1 heterocycles. The van der Waals surface area contributed by atoms with Gasteiger partial charge in [0.05, 0.1) is 23.5 Å². The number of benzene rings is 1. The van der Waals surface area contributed by atoms with Crippen molar-refractivity contribution >= 4 is 11.8 Å². The van der Waals surface area contributed by atoms with Gasteiger partial charge in [0.1, 0.15) is 5.60 Å². The van der Waals surface area contributed by atoms with Crippen LogP contribution in [0.5, 0.6) is 0 Å². The first-order chi connectivity index (χ1) is 16.9. The molecule has 0 amide bonds. The zero-order valence-corrected chi connectivity index (χ0v) is 21.7. The van der Waals surface area contributed by atoms with Crippen molar-refractivity contribution in [1.29, 1.82) is 0 Å². The Morgan fingerprint density at radius 3 is 2.50 bits per heavy atom. The number of rotatable bonds is 4. The lowest BCUT2D eigenvalue weighted by atomic mass is 9.52. The molecule has 1 aromatic rings. The number of azo groups is 1. The van der Waals surface area contributed by atoms with E-state index in [1.807, 2.05) is 64.1 Å². The molecule has 1 aliphatic heterocycles. The van der Waals surface area contributed by atoms with Gasteiger partial charge in [0.15, 0.2) is 5.78 Å². The number of carbonyl (C=O) groups is 2. The quantitative estimate of drug-likeness (QED) is 0.480. The van der Waals surface area contributed by atoms with Gasteiger partial charge >= 0.3 is 5.97 Å². The molecule has 0 unspecified atom stereocenters. The molecule has 0 bridgehead atoms. The normalized spacial score (nSPS) is 40.5. The molecule has 7 heteroatoms. The van der Waals surface area contributed by atoms with E-state index in [4.69, 9.17) is 4.74 Å². The Morgan fingerprint density at radius 1 is 1.14 bits per heavy atom. The van der Waals surface area contributed by atoms with Crippen LogP contribution in [0.25, 0.3) is 0 Å². The molecule has 0 aromatic heterocycles. The highest BCUT2D eigenvalue weighted by molar-refractivity contribution is 6.04. The molecule has 7 nitrogen and oxygen atoms in total. The van der Waals surface area contributed by atoms with Gasteiger partial charge in [-0.3, -0.25) is 9.59 Å². The van der Waals surface area contributed by atoms with Crippen LogP contribution in [0.1, 0.15) is 59.4 Å². The van der Waals surface area contributed by atoms with Crippen LogP contribution in [0.4, 0.5) is 0 Å². The van der Waals surface area contributed by atoms with Crippen LogP contribution in [0, 0.1) is 23.7 Å². The van der Waals surface area contributed by atoms with Crippen LogP contribution in [0.15, 0.2) is 63.9 Å². The summed E-state index contributed by atoms with van der Waals surface area (Å²) in [6, 6.07) is 9.43. The monoisotopic (exact) mass is 492 g/mol. The summed E-state index contributed by atoms with van der Waals surface area (Å²) in [7, 11) is 0. The predicted molar refractivity (Wildman–Crippen MR) is 134 cm³/mol. The van der Waals surface area contributed by atoms with Crippen molar-refractivity contribution in [3.8, 4) is 0 Å². The summed E-state index contributed by atoms with van der Waals surface area (Å²) in [6.07, 6.45) is 4.94. The van der Waals surface area contributed by atoms with Gasteiger partial charge in [-0.25, -0.2) is 0 Å². The van der Waals surface area contributed by atoms with Crippen LogP contribution in [0.3, 0.4) is 0 Å². The molecular weight excluding hydrogens is 456 g/mol. The summed E-state index contributed by atoms with van der Waals surface area (Å²) in [4.78, 5) is 26.4. The smallest absolute Gasteiger partial charge is 0.312 e. The molecule has 2 N–H and O–H groups in total. The lowest BCUT2D eigenvalue weighted by Crippen LogP contribution is -2.67. The molecule has 36 heavy (non-hydrogen) atoms. The molecule has 7 atom stereocenters. The van der Waals surface area contributed by atoms with Crippen LogP contribution in [-0.2, 0) is 20.7 Å². The molecule has 0 saturated heterocycles. The average molecular weight is 493 g/mol. The number of aliphatic hydroxyl groups is 2. The molecule has 3 aliphatic carbocycles. The molecule has 1 fully saturated rings. The summed E-state index contributed by atoms with van der Waals surface area (Å²) < 4.78 is 6.21. The fourth-order valence-corrected chi connectivity index (χ4v) is 7.39. The fraction of sp³-hybridized carbons (Fsp3) is 0.586. The third-order valence-electron chi connectivity index (χ3n) is 9.03. The molecule has 1 aromatic carbocycles. The number of nitrogens with zero attached hydrogens (tertiary/aromatic N) is 2. The maximum atomic E-state index is 13.2. The first-order valence-corrected chi connectivity index (χ1v) is 12.9. The van der Waals surface area contributed by atoms with Gasteiger partial charge in [0.2, 0.25) is 5.72 Å². The summed E-state index contributed by atoms with van der Waals surface area (Å²) in [5.41, 5.74) is -2.86. The number of ether oxygens (including phenoxy) is 1. The average Bonchev–Trinajstić information content (AvgIpc) is 3.17. The second-order valence-electron chi connectivity index (χ2n) is 11.8. The molecule has 0 spiro atoms. The highest BCUT2D eigenvalue weighted by atomic mass is 16.6. The van der Waals surface area contributed by atoms with Gasteiger partial charge in [-0.2, -0.15) is 5.11 Å². The highest BCUT2D eigenvalue weighted by Crippen LogP contribution is 2.63. The number of fused-ring (bicyclic) bond motifs is 5. The first-order valence-electron chi connectivity index (χ1n) is 12.9. The summed E-state index contributed by atoms with van der Waals surface area (Å²) in [6.45, 7) is 9.48. The summed E-state index contributed by atoms with van der Waals surface area (Å²) in [5.74, 6) is -2.90. The van der Waals surface area contributed by atoms with E-state index in [-0.39, 0.29) is 25.0 Å². The maximum Gasteiger partial charge on any atom is 0.312 e. The molecule has 5 rings (SSSR count). The molecule has 0 radical (unpaired) electrons. The Labute approximate surface area is 212 Å². The van der Waals surface area contributed by atoms with E-state index >= 15 is 0 Å². The van der Waals surface area contributed by atoms with Crippen molar-refractivity contribution in [2.45, 2.75) is 82.8 Å². The largest absolute Gasteiger partial charge is 0.435 e. The Balaban J connectivity index is 1.60. The van der Waals surface area contributed by atoms with Crippen molar-refractivity contribution in [2.24, 2.45) is 33.9 Å². The van der Waals surface area contributed by atoms with E-state index in [9.17, 15) is 19.8 Å². The number of hydrogen-bond donors (Lipinski definition) is 2. The Morgan fingerprint density at radius 2 is 1.83 bits per heavy atom. The van der Waals surface area contributed by atoms with Gasteiger partial charge < -0.3 is 14.9 Å². The topological polar surface area (TPSA) is 109 Å².